The fraction of sp³-hybridized carbons (Fsp3) is 0.814. The van der Waals surface area contributed by atoms with Gasteiger partial charge in [0.2, 0.25) is 0 Å². The average molecular weight is 642 g/mol. The maximum atomic E-state index is 11.6. The van der Waals surface area contributed by atoms with Gasteiger partial charge >= 0.3 is 0 Å². The molecule has 1 rings (SSSR count). The van der Waals surface area contributed by atoms with Crippen molar-refractivity contribution in [2.45, 2.75) is 206 Å². The topological polar surface area (TPSA) is 32.7 Å². The lowest BCUT2D eigenvalue weighted by molar-refractivity contribution is -0.245. The van der Waals surface area contributed by atoms with E-state index in [-0.39, 0.29) is 6.10 Å². The van der Waals surface area contributed by atoms with E-state index in [0.29, 0.717) is 0 Å². The number of hydrogen-bond acceptors (Lipinski definition) is 3. The van der Waals surface area contributed by atoms with Crippen molar-refractivity contribution < 1.29 is 9.84 Å². The van der Waals surface area contributed by atoms with Crippen LogP contribution in [0.1, 0.15) is 194 Å². The monoisotopic (exact) mass is 642 g/mol. The Labute approximate surface area is 288 Å². The van der Waals surface area contributed by atoms with Crippen LogP contribution in [0.3, 0.4) is 0 Å². The summed E-state index contributed by atoms with van der Waals surface area (Å²) in [5.41, 5.74) is 0. The fourth-order valence-electron chi connectivity index (χ4n) is 6.55. The van der Waals surface area contributed by atoms with Crippen molar-refractivity contribution >= 4 is 0 Å². The highest BCUT2D eigenvalue weighted by molar-refractivity contribution is 4.93. The van der Waals surface area contributed by atoms with E-state index >= 15 is 0 Å². The van der Waals surface area contributed by atoms with E-state index in [0.717, 1.165) is 58.0 Å². The molecule has 0 aromatic rings. The number of likely N-dealkylation sites (tertiary alicyclic amines) is 1. The number of hydrogen-bond donors (Lipinski definition) is 1. The molecule has 3 heteroatoms. The smallest absolute Gasteiger partial charge is 0.165 e. The summed E-state index contributed by atoms with van der Waals surface area (Å²) in [6.07, 6.45) is 52.8. The van der Waals surface area contributed by atoms with Crippen molar-refractivity contribution in [3.8, 4) is 0 Å². The number of piperidine rings is 1. The van der Waals surface area contributed by atoms with Gasteiger partial charge in [0.05, 0.1) is 6.10 Å². The van der Waals surface area contributed by atoms with E-state index in [1.54, 1.807) is 0 Å². The summed E-state index contributed by atoms with van der Waals surface area (Å²) in [6.45, 7) is 6.63. The first-order valence-corrected chi connectivity index (χ1v) is 20.3. The summed E-state index contributed by atoms with van der Waals surface area (Å²) < 4.78 is 6.49. The zero-order chi connectivity index (χ0) is 33.2. The molecule has 0 spiro atoms. The van der Waals surface area contributed by atoms with E-state index in [1.807, 2.05) is 0 Å². The Balaban J connectivity index is 2.17. The minimum atomic E-state index is -0.937. The Kier molecular flexibility index (Phi) is 30.2. The summed E-state index contributed by atoms with van der Waals surface area (Å²) in [4.78, 5) is 2.36. The van der Waals surface area contributed by atoms with Crippen molar-refractivity contribution in [2.24, 2.45) is 0 Å². The molecule has 1 aliphatic rings. The maximum absolute atomic E-state index is 11.6. The minimum Gasteiger partial charge on any atom is -0.365 e. The highest BCUT2D eigenvalue weighted by atomic mass is 16.6. The zero-order valence-corrected chi connectivity index (χ0v) is 31.2. The molecule has 0 aromatic heterocycles. The van der Waals surface area contributed by atoms with Crippen molar-refractivity contribution in [1.82, 2.24) is 4.90 Å². The zero-order valence-electron chi connectivity index (χ0n) is 31.2. The molecule has 1 N–H and O–H groups in total. The summed E-state index contributed by atoms with van der Waals surface area (Å²) in [5, 5.41) is 11.6. The second-order valence-electron chi connectivity index (χ2n) is 14.3. The maximum Gasteiger partial charge on any atom is 0.165 e. The fourth-order valence-corrected chi connectivity index (χ4v) is 6.55. The van der Waals surface area contributed by atoms with Gasteiger partial charge in [0.15, 0.2) is 5.79 Å². The van der Waals surface area contributed by atoms with Gasteiger partial charge in [0.1, 0.15) is 0 Å². The standard InChI is InChI=1S/C43H79NO2/c1-4-6-8-10-12-14-16-18-20-22-24-26-28-30-32-34-38-43(45,46-42-37-36-40-44(3)41-42)39-35-33-31-29-27-25-23-21-19-17-15-13-11-9-7-5-2/h12-15,18-21,42,45H,4-11,16-17,22-41H2,1-3H3/b14-12-,15-13-,20-18-,21-19-. The third-order valence-electron chi connectivity index (χ3n) is 9.50. The summed E-state index contributed by atoms with van der Waals surface area (Å²) in [6, 6.07) is 0. The normalized spacial score (nSPS) is 16.7. The van der Waals surface area contributed by atoms with E-state index in [1.165, 1.54) is 135 Å². The Bertz CT molecular complexity index is 706. The number of nitrogens with zero attached hydrogens (tertiary/aromatic N) is 1. The van der Waals surface area contributed by atoms with Crippen LogP contribution in [-0.4, -0.2) is 42.0 Å². The van der Waals surface area contributed by atoms with Crippen LogP contribution in [0.5, 0.6) is 0 Å². The number of rotatable bonds is 32. The molecule has 0 saturated carbocycles. The third-order valence-corrected chi connectivity index (χ3v) is 9.50. The van der Waals surface area contributed by atoms with Crippen molar-refractivity contribution in [1.29, 1.82) is 0 Å². The second-order valence-corrected chi connectivity index (χ2v) is 14.3. The number of ether oxygens (including phenoxy) is 1. The van der Waals surface area contributed by atoms with Crippen LogP contribution >= 0.6 is 0 Å². The number of likely N-dealkylation sites (N-methyl/N-ethyl adjacent to an activating group) is 1. The molecule has 1 atom stereocenters. The van der Waals surface area contributed by atoms with Gasteiger partial charge in [-0.3, -0.25) is 0 Å². The van der Waals surface area contributed by atoms with Gasteiger partial charge in [0.25, 0.3) is 0 Å². The number of allylic oxidation sites excluding steroid dienone is 8. The molecular weight excluding hydrogens is 562 g/mol. The van der Waals surface area contributed by atoms with Gasteiger partial charge in [-0.15, -0.1) is 0 Å². The molecule has 0 bridgehead atoms. The van der Waals surface area contributed by atoms with Gasteiger partial charge < -0.3 is 14.7 Å². The van der Waals surface area contributed by atoms with E-state index in [4.69, 9.17) is 4.74 Å². The van der Waals surface area contributed by atoms with Gasteiger partial charge in [-0.2, -0.15) is 0 Å². The van der Waals surface area contributed by atoms with Gasteiger partial charge in [-0.25, -0.2) is 0 Å². The lowest BCUT2D eigenvalue weighted by Crippen LogP contribution is -2.44. The lowest BCUT2D eigenvalue weighted by Gasteiger charge is -2.37. The summed E-state index contributed by atoms with van der Waals surface area (Å²) in [7, 11) is 2.18. The van der Waals surface area contributed by atoms with E-state index in [2.05, 4.69) is 74.4 Å². The summed E-state index contributed by atoms with van der Waals surface area (Å²) >= 11 is 0. The van der Waals surface area contributed by atoms with E-state index < -0.39 is 5.79 Å². The van der Waals surface area contributed by atoms with Crippen molar-refractivity contribution in [3.63, 3.8) is 0 Å². The Morgan fingerprint density at radius 3 is 1.37 bits per heavy atom. The average Bonchev–Trinajstić information content (AvgIpc) is 3.04. The van der Waals surface area contributed by atoms with Crippen LogP contribution in [0.4, 0.5) is 0 Å². The molecule has 0 aliphatic carbocycles. The lowest BCUT2D eigenvalue weighted by atomic mass is 9.98. The van der Waals surface area contributed by atoms with E-state index in [9.17, 15) is 5.11 Å². The molecule has 268 valence electrons. The van der Waals surface area contributed by atoms with Crippen LogP contribution in [0.15, 0.2) is 48.6 Å². The number of aliphatic hydroxyl groups is 1. The minimum absolute atomic E-state index is 0.179. The largest absolute Gasteiger partial charge is 0.365 e. The van der Waals surface area contributed by atoms with Crippen molar-refractivity contribution in [3.05, 3.63) is 48.6 Å². The van der Waals surface area contributed by atoms with Crippen LogP contribution in [0.2, 0.25) is 0 Å². The number of unbranched alkanes of at least 4 members (excludes halogenated alkanes) is 18. The summed E-state index contributed by atoms with van der Waals surface area (Å²) in [5.74, 6) is -0.937. The molecule has 0 radical (unpaired) electrons. The van der Waals surface area contributed by atoms with Crippen LogP contribution in [0, 0.1) is 0 Å². The van der Waals surface area contributed by atoms with Crippen LogP contribution in [0.25, 0.3) is 0 Å². The Hall–Kier alpha value is -1.16. The molecule has 0 amide bonds. The molecule has 1 heterocycles. The SMILES string of the molecule is CCCCC/C=C\C/C=C\CCCCCCCCC(O)(CCCCCCCC/C=C\C/C=C\CCCCC)OC1CCCN(C)C1. The van der Waals surface area contributed by atoms with Gasteiger partial charge in [0, 0.05) is 19.4 Å². The molecule has 0 aromatic carbocycles. The first-order valence-electron chi connectivity index (χ1n) is 20.3. The first-order chi connectivity index (χ1) is 22.6. The predicted octanol–water partition coefficient (Wildman–Crippen LogP) is 13.2. The van der Waals surface area contributed by atoms with Gasteiger partial charge in [-0.05, 0) is 103 Å². The van der Waals surface area contributed by atoms with Crippen LogP contribution < -0.4 is 0 Å². The molecule has 1 fully saturated rings. The quantitative estimate of drug-likeness (QED) is 0.0451. The Morgan fingerprint density at radius 1 is 0.565 bits per heavy atom. The molecule has 1 aliphatic heterocycles. The molecular formula is C43H79NO2. The molecule has 1 unspecified atom stereocenters. The third kappa shape index (κ3) is 27.9. The van der Waals surface area contributed by atoms with Crippen LogP contribution in [-0.2, 0) is 4.74 Å². The Morgan fingerprint density at radius 2 is 0.957 bits per heavy atom. The highest BCUT2D eigenvalue weighted by Crippen LogP contribution is 2.28. The van der Waals surface area contributed by atoms with Crippen molar-refractivity contribution in [2.75, 3.05) is 20.1 Å². The second kappa shape index (κ2) is 32.4. The van der Waals surface area contributed by atoms with Gasteiger partial charge in [-0.1, -0.05) is 140 Å². The molecule has 3 nitrogen and oxygen atoms in total. The predicted molar refractivity (Wildman–Crippen MR) is 205 cm³/mol. The highest BCUT2D eigenvalue weighted by Gasteiger charge is 2.32. The molecule has 46 heavy (non-hydrogen) atoms. The first kappa shape index (κ1) is 42.9. The molecule has 1 saturated heterocycles.